The molecule has 0 bridgehead atoms. The Bertz CT molecular complexity index is 525. The van der Waals surface area contributed by atoms with Crippen molar-refractivity contribution in [2.75, 3.05) is 6.61 Å². The highest BCUT2D eigenvalue weighted by molar-refractivity contribution is 5.95. The van der Waals surface area contributed by atoms with Crippen LogP contribution in [0.5, 0.6) is 0 Å². The molecule has 0 unspecified atom stereocenters. The summed E-state index contributed by atoms with van der Waals surface area (Å²) >= 11 is 0. The Balaban J connectivity index is 1.81. The van der Waals surface area contributed by atoms with Crippen molar-refractivity contribution in [1.82, 2.24) is 4.90 Å². The molecule has 23 heavy (non-hydrogen) atoms. The summed E-state index contributed by atoms with van der Waals surface area (Å²) in [5.41, 5.74) is -0.261. The fourth-order valence-corrected chi connectivity index (χ4v) is 3.03. The number of rotatable bonds is 1. The van der Waals surface area contributed by atoms with E-state index in [1.54, 1.807) is 13.8 Å². The molecule has 0 spiro atoms. The molecule has 0 N–H and O–H groups in total. The summed E-state index contributed by atoms with van der Waals surface area (Å²) in [4.78, 5) is 26.1. The minimum atomic E-state index is -0.762. The Morgan fingerprint density at radius 3 is 2.57 bits per heavy atom. The molecule has 3 rings (SSSR count). The summed E-state index contributed by atoms with van der Waals surface area (Å²) in [5.74, 6) is -1.38. The molecule has 7 heteroatoms. The highest BCUT2D eigenvalue weighted by Crippen LogP contribution is 2.41. The van der Waals surface area contributed by atoms with Gasteiger partial charge in [0.25, 0.3) is 0 Å². The largest absolute Gasteiger partial charge is 0.438 e. The lowest BCUT2D eigenvalue weighted by Crippen LogP contribution is -2.50. The van der Waals surface area contributed by atoms with Crippen molar-refractivity contribution < 1.29 is 28.5 Å². The Hall–Kier alpha value is -1.18. The first-order chi connectivity index (χ1) is 10.5. The van der Waals surface area contributed by atoms with E-state index < -0.39 is 30.3 Å². The van der Waals surface area contributed by atoms with Gasteiger partial charge < -0.3 is 18.9 Å². The lowest BCUT2D eigenvalue weighted by Gasteiger charge is -2.38. The van der Waals surface area contributed by atoms with Crippen LogP contribution in [-0.4, -0.2) is 53.8 Å². The van der Waals surface area contributed by atoms with Crippen LogP contribution in [0.25, 0.3) is 0 Å². The predicted octanol–water partition coefficient (Wildman–Crippen LogP) is 1.89. The smallest absolute Gasteiger partial charge is 0.419 e. The Morgan fingerprint density at radius 1 is 1.30 bits per heavy atom. The highest BCUT2D eigenvalue weighted by Gasteiger charge is 2.61. The molecule has 3 aliphatic heterocycles. The van der Waals surface area contributed by atoms with Crippen LogP contribution in [0.15, 0.2) is 0 Å². The summed E-state index contributed by atoms with van der Waals surface area (Å²) in [6.45, 7) is 11.7. The second-order valence-electron chi connectivity index (χ2n) is 8.00. The van der Waals surface area contributed by atoms with Crippen LogP contribution in [0.1, 0.15) is 41.5 Å². The summed E-state index contributed by atoms with van der Waals surface area (Å²) < 4.78 is 22.7. The standard InChI is InChI=1S/C16H25NO6/c1-8(15(2,3)4)12(18)17-13-11(22-14(17)19)10-9(21-13)7-20-16(5,6)23-10/h8-11,13H,7H2,1-6H3/t8-,9-,10+,11-,13+/m1/s1. The van der Waals surface area contributed by atoms with Gasteiger partial charge in [-0.05, 0) is 19.3 Å². The average molecular weight is 327 g/mol. The molecule has 0 aromatic heterocycles. The van der Waals surface area contributed by atoms with E-state index in [0.29, 0.717) is 6.61 Å². The van der Waals surface area contributed by atoms with Crippen LogP contribution in [0.2, 0.25) is 0 Å². The molecule has 3 aliphatic rings. The predicted molar refractivity (Wildman–Crippen MR) is 79.3 cm³/mol. The molecule has 130 valence electrons. The molecule has 0 aromatic rings. The first-order valence-corrected chi connectivity index (χ1v) is 8.02. The minimum absolute atomic E-state index is 0.261. The third kappa shape index (κ3) is 2.75. The number of carbonyl (C=O) groups is 2. The summed E-state index contributed by atoms with van der Waals surface area (Å²) in [7, 11) is 0. The van der Waals surface area contributed by atoms with Crippen molar-refractivity contribution in [1.29, 1.82) is 0 Å². The maximum Gasteiger partial charge on any atom is 0.419 e. The van der Waals surface area contributed by atoms with Gasteiger partial charge in [-0.15, -0.1) is 0 Å². The zero-order valence-corrected chi connectivity index (χ0v) is 14.5. The SMILES string of the molecule is C[C@H](C(=O)N1C(=O)O[C@@H]2[C@H]3OC(C)(C)OC[C@H]3O[C@@H]21)C(C)(C)C. The zero-order valence-electron chi connectivity index (χ0n) is 14.5. The van der Waals surface area contributed by atoms with Crippen molar-refractivity contribution in [2.45, 2.75) is 71.9 Å². The Morgan fingerprint density at radius 2 is 1.96 bits per heavy atom. The van der Waals surface area contributed by atoms with E-state index >= 15 is 0 Å². The van der Waals surface area contributed by atoms with Gasteiger partial charge in [-0.2, -0.15) is 0 Å². The summed E-state index contributed by atoms with van der Waals surface area (Å²) in [6.07, 6.45) is -2.77. The average Bonchev–Trinajstić information content (AvgIpc) is 2.90. The lowest BCUT2D eigenvalue weighted by molar-refractivity contribution is -0.301. The van der Waals surface area contributed by atoms with Gasteiger partial charge in [-0.25, -0.2) is 9.69 Å². The van der Waals surface area contributed by atoms with Gasteiger partial charge in [0.1, 0.15) is 12.2 Å². The normalized spacial score (nSPS) is 37.1. The van der Waals surface area contributed by atoms with E-state index in [-0.39, 0.29) is 23.3 Å². The number of hydrogen-bond acceptors (Lipinski definition) is 6. The van der Waals surface area contributed by atoms with Crippen LogP contribution in [-0.2, 0) is 23.7 Å². The van der Waals surface area contributed by atoms with Gasteiger partial charge in [-0.1, -0.05) is 27.7 Å². The van der Waals surface area contributed by atoms with Gasteiger partial charge in [0.05, 0.1) is 6.61 Å². The fourth-order valence-electron chi connectivity index (χ4n) is 3.03. The summed E-state index contributed by atoms with van der Waals surface area (Å²) in [6, 6.07) is 0. The zero-order chi connectivity index (χ0) is 17.2. The van der Waals surface area contributed by atoms with Crippen LogP contribution in [0, 0.1) is 11.3 Å². The molecular weight excluding hydrogens is 302 g/mol. The molecule has 3 heterocycles. The molecular formula is C16H25NO6. The maximum atomic E-state index is 12.8. The van der Waals surface area contributed by atoms with Crippen molar-refractivity contribution in [3.05, 3.63) is 0 Å². The Kier molecular flexibility index (Phi) is 3.74. The van der Waals surface area contributed by atoms with Crippen LogP contribution < -0.4 is 0 Å². The van der Waals surface area contributed by atoms with Crippen LogP contribution in [0.4, 0.5) is 4.79 Å². The van der Waals surface area contributed by atoms with Gasteiger partial charge in [0.2, 0.25) is 5.91 Å². The molecule has 0 saturated carbocycles. The quantitative estimate of drug-likeness (QED) is 0.732. The maximum absolute atomic E-state index is 12.8. The van der Waals surface area contributed by atoms with Crippen molar-refractivity contribution in [2.24, 2.45) is 11.3 Å². The van der Waals surface area contributed by atoms with E-state index in [2.05, 4.69) is 0 Å². The molecule has 0 aliphatic carbocycles. The third-order valence-electron chi connectivity index (χ3n) is 4.90. The number of amides is 2. The first kappa shape index (κ1) is 16.7. The van der Waals surface area contributed by atoms with Gasteiger partial charge in [0.15, 0.2) is 18.1 Å². The van der Waals surface area contributed by atoms with Crippen molar-refractivity contribution in [3.8, 4) is 0 Å². The van der Waals surface area contributed by atoms with Gasteiger partial charge in [-0.3, -0.25) is 4.79 Å². The van der Waals surface area contributed by atoms with E-state index in [1.807, 2.05) is 27.7 Å². The molecule has 0 radical (unpaired) electrons. The molecule has 3 saturated heterocycles. The molecule has 5 atom stereocenters. The second kappa shape index (κ2) is 5.16. The van der Waals surface area contributed by atoms with E-state index in [1.165, 1.54) is 0 Å². The number of hydrogen-bond donors (Lipinski definition) is 0. The number of imide groups is 1. The molecule has 3 fully saturated rings. The highest BCUT2D eigenvalue weighted by atomic mass is 16.8. The van der Waals surface area contributed by atoms with Crippen LogP contribution >= 0.6 is 0 Å². The van der Waals surface area contributed by atoms with Gasteiger partial charge in [0, 0.05) is 5.92 Å². The number of ether oxygens (including phenoxy) is 4. The van der Waals surface area contributed by atoms with Crippen LogP contribution in [0.3, 0.4) is 0 Å². The van der Waals surface area contributed by atoms with E-state index in [0.717, 1.165) is 4.90 Å². The second-order valence-corrected chi connectivity index (χ2v) is 8.00. The van der Waals surface area contributed by atoms with Crippen molar-refractivity contribution in [3.63, 3.8) is 0 Å². The Labute approximate surface area is 136 Å². The number of fused-ring (bicyclic) bond motifs is 3. The minimum Gasteiger partial charge on any atom is -0.438 e. The topological polar surface area (TPSA) is 74.3 Å². The van der Waals surface area contributed by atoms with E-state index in [9.17, 15) is 9.59 Å². The summed E-state index contributed by atoms with van der Waals surface area (Å²) in [5, 5.41) is 0. The number of carbonyl (C=O) groups excluding carboxylic acids is 2. The molecule has 7 nitrogen and oxygen atoms in total. The monoisotopic (exact) mass is 327 g/mol. The van der Waals surface area contributed by atoms with Gasteiger partial charge >= 0.3 is 6.09 Å². The number of nitrogens with zero attached hydrogens (tertiary/aromatic N) is 1. The fraction of sp³-hybridized carbons (Fsp3) is 0.875. The molecule has 2 amide bonds. The lowest BCUT2D eigenvalue weighted by atomic mass is 9.81. The first-order valence-electron chi connectivity index (χ1n) is 8.02. The third-order valence-corrected chi connectivity index (χ3v) is 4.90. The molecule has 0 aromatic carbocycles. The van der Waals surface area contributed by atoms with Crippen molar-refractivity contribution >= 4 is 12.0 Å². The van der Waals surface area contributed by atoms with E-state index in [4.69, 9.17) is 18.9 Å².